The Bertz CT molecular complexity index is 1550. The standard InChI is InChI=1S/C34H39NO10/c1-22-18-24(33(36)37)19-23(2)32(22)45-34(38)31-27-20-25(43-16-14-41-12-10-39-4)6-8-29(27)35(3)30-9-7-26(21-28(30)31)44-17-15-42-13-11-40-5/h6-9,18-21H,10-17H2,1-5H3/p+1. The molecular formula is C34H40NO10+. The fraction of sp³-hybridized carbons (Fsp3) is 0.382. The maximum atomic E-state index is 14.1. The van der Waals surface area contributed by atoms with E-state index in [2.05, 4.69) is 0 Å². The summed E-state index contributed by atoms with van der Waals surface area (Å²) in [6.45, 7) is 6.73. The molecule has 1 aromatic heterocycles. The average Bonchev–Trinajstić information content (AvgIpc) is 3.02. The van der Waals surface area contributed by atoms with Crippen molar-refractivity contribution in [1.29, 1.82) is 0 Å². The van der Waals surface area contributed by atoms with Gasteiger partial charge in [-0.3, -0.25) is 0 Å². The third kappa shape index (κ3) is 8.46. The van der Waals surface area contributed by atoms with E-state index >= 15 is 0 Å². The number of nitrogens with zero attached hydrogens (tertiary/aromatic N) is 1. The van der Waals surface area contributed by atoms with Crippen molar-refractivity contribution in [3.8, 4) is 17.2 Å². The van der Waals surface area contributed by atoms with Crippen LogP contribution in [-0.2, 0) is 26.0 Å². The van der Waals surface area contributed by atoms with Gasteiger partial charge in [0.15, 0.2) is 0 Å². The van der Waals surface area contributed by atoms with Gasteiger partial charge in [-0.1, -0.05) is 0 Å². The minimum atomic E-state index is -1.06. The van der Waals surface area contributed by atoms with Gasteiger partial charge in [0.05, 0.1) is 61.5 Å². The number of pyridine rings is 1. The van der Waals surface area contributed by atoms with Gasteiger partial charge < -0.3 is 38.3 Å². The number of benzene rings is 3. The zero-order valence-electron chi connectivity index (χ0n) is 26.3. The molecule has 1 N–H and O–H groups in total. The topological polar surface area (TPSA) is 123 Å². The molecule has 3 aromatic carbocycles. The van der Waals surface area contributed by atoms with Gasteiger partial charge >= 0.3 is 11.9 Å². The van der Waals surface area contributed by atoms with E-state index in [9.17, 15) is 14.7 Å². The van der Waals surface area contributed by atoms with Crippen LogP contribution in [0, 0.1) is 13.8 Å². The van der Waals surface area contributed by atoms with Crippen molar-refractivity contribution in [3.63, 3.8) is 0 Å². The highest BCUT2D eigenvalue weighted by atomic mass is 16.5. The zero-order valence-corrected chi connectivity index (χ0v) is 26.3. The van der Waals surface area contributed by atoms with Gasteiger partial charge in [0.2, 0.25) is 11.0 Å². The summed E-state index contributed by atoms with van der Waals surface area (Å²) in [5.74, 6) is -0.226. The predicted octanol–water partition coefficient (Wildman–Crippen LogP) is 4.44. The van der Waals surface area contributed by atoms with Crippen LogP contribution in [0.5, 0.6) is 17.2 Å². The number of rotatable bonds is 17. The van der Waals surface area contributed by atoms with Crippen LogP contribution in [0.2, 0.25) is 0 Å². The number of ether oxygens (including phenoxy) is 7. The molecule has 240 valence electrons. The summed E-state index contributed by atoms with van der Waals surface area (Å²) in [6, 6.07) is 14.1. The van der Waals surface area contributed by atoms with Gasteiger partial charge in [0.1, 0.15) is 37.5 Å². The van der Waals surface area contributed by atoms with Gasteiger partial charge in [-0.25, -0.2) is 9.59 Å². The number of carboxylic acid groups (broad SMARTS) is 1. The normalized spacial score (nSPS) is 11.2. The van der Waals surface area contributed by atoms with Crippen LogP contribution in [0.15, 0.2) is 48.5 Å². The molecule has 0 bridgehead atoms. The molecule has 0 atom stereocenters. The molecule has 0 saturated heterocycles. The lowest BCUT2D eigenvalue weighted by atomic mass is 10.0. The lowest BCUT2D eigenvalue weighted by Crippen LogP contribution is -2.31. The molecule has 0 aliphatic carbocycles. The van der Waals surface area contributed by atoms with Crippen molar-refractivity contribution in [1.82, 2.24) is 0 Å². The molecule has 0 amide bonds. The number of carbonyl (C=O) groups is 2. The summed E-state index contributed by atoms with van der Waals surface area (Å²) in [4.78, 5) is 25.7. The van der Waals surface area contributed by atoms with E-state index < -0.39 is 11.9 Å². The number of aromatic nitrogens is 1. The van der Waals surface area contributed by atoms with Crippen molar-refractivity contribution in [2.24, 2.45) is 7.05 Å². The summed E-state index contributed by atoms with van der Waals surface area (Å²) in [5.41, 5.74) is 3.08. The Balaban J connectivity index is 1.74. The minimum absolute atomic E-state index is 0.119. The highest BCUT2D eigenvalue weighted by Crippen LogP contribution is 2.33. The van der Waals surface area contributed by atoms with Crippen LogP contribution in [0.25, 0.3) is 21.8 Å². The molecule has 4 aromatic rings. The van der Waals surface area contributed by atoms with E-state index in [0.717, 1.165) is 11.0 Å². The molecule has 0 aliphatic heterocycles. The molecule has 0 saturated carbocycles. The fourth-order valence-corrected chi connectivity index (χ4v) is 4.99. The van der Waals surface area contributed by atoms with E-state index in [-0.39, 0.29) is 5.56 Å². The summed E-state index contributed by atoms with van der Waals surface area (Å²) in [6.07, 6.45) is 0. The van der Waals surface area contributed by atoms with E-state index in [0.29, 0.717) is 97.6 Å². The molecular weight excluding hydrogens is 582 g/mol. The molecule has 0 unspecified atom stereocenters. The molecule has 0 spiro atoms. The summed E-state index contributed by atoms with van der Waals surface area (Å²) >= 11 is 0. The number of methoxy groups -OCH3 is 2. The second-order valence-corrected chi connectivity index (χ2v) is 10.3. The predicted molar refractivity (Wildman–Crippen MR) is 167 cm³/mol. The number of aryl methyl sites for hydroxylation is 3. The number of hydrogen-bond acceptors (Lipinski definition) is 9. The monoisotopic (exact) mass is 622 g/mol. The number of esters is 1. The lowest BCUT2D eigenvalue weighted by molar-refractivity contribution is -0.617. The van der Waals surface area contributed by atoms with Gasteiger partial charge in [0, 0.05) is 26.4 Å². The second kappa shape index (κ2) is 16.1. The quantitative estimate of drug-likeness (QED) is 0.0595. The molecule has 11 heteroatoms. The molecule has 4 rings (SSSR count). The van der Waals surface area contributed by atoms with E-state index in [1.807, 2.05) is 48.0 Å². The Morgan fingerprint density at radius 3 is 1.60 bits per heavy atom. The van der Waals surface area contributed by atoms with E-state index in [4.69, 9.17) is 33.2 Å². The second-order valence-electron chi connectivity index (χ2n) is 10.3. The first-order valence-electron chi connectivity index (χ1n) is 14.6. The largest absolute Gasteiger partial charge is 0.491 e. The summed E-state index contributed by atoms with van der Waals surface area (Å²) < 4.78 is 41.0. The van der Waals surface area contributed by atoms with Gasteiger partial charge in [-0.15, -0.1) is 0 Å². The van der Waals surface area contributed by atoms with Crippen LogP contribution in [-0.4, -0.2) is 84.1 Å². The Hall–Kier alpha value is -4.29. The van der Waals surface area contributed by atoms with Gasteiger partial charge in [0.25, 0.3) is 0 Å². The fourth-order valence-electron chi connectivity index (χ4n) is 4.99. The maximum absolute atomic E-state index is 14.1. The SMILES string of the molecule is COCCOCCOc1ccc2c(c1)c(C(=O)Oc1c(C)cc(C(=O)O)cc1C)c1cc(OCCOCCOC)ccc1[n+]2C. The summed E-state index contributed by atoms with van der Waals surface area (Å²) in [5, 5.41) is 10.7. The lowest BCUT2D eigenvalue weighted by Gasteiger charge is -2.15. The Labute approximate surface area is 262 Å². The van der Waals surface area contributed by atoms with E-state index in [1.54, 1.807) is 28.1 Å². The van der Waals surface area contributed by atoms with E-state index in [1.165, 1.54) is 12.1 Å². The minimum Gasteiger partial charge on any atom is -0.491 e. The Kier molecular flexibility index (Phi) is 12.1. The van der Waals surface area contributed by atoms with Crippen molar-refractivity contribution < 1.29 is 52.4 Å². The smallest absolute Gasteiger partial charge is 0.345 e. The third-order valence-corrected chi connectivity index (χ3v) is 7.16. The molecule has 0 radical (unpaired) electrons. The molecule has 1 heterocycles. The van der Waals surface area contributed by atoms with Crippen LogP contribution >= 0.6 is 0 Å². The highest BCUT2D eigenvalue weighted by Gasteiger charge is 2.26. The number of aromatic carboxylic acids is 1. The highest BCUT2D eigenvalue weighted by molar-refractivity contribution is 6.14. The first kappa shape index (κ1) is 33.6. The van der Waals surface area contributed by atoms with Crippen LogP contribution in [0.4, 0.5) is 0 Å². The molecule has 0 fully saturated rings. The number of carbonyl (C=O) groups excluding carboxylic acids is 1. The van der Waals surface area contributed by atoms with Gasteiger partial charge in [-0.05, 0) is 61.4 Å². The van der Waals surface area contributed by atoms with Crippen molar-refractivity contribution in [2.75, 3.05) is 67.1 Å². The maximum Gasteiger partial charge on any atom is 0.345 e. The van der Waals surface area contributed by atoms with Crippen LogP contribution < -0.4 is 18.8 Å². The number of fused-ring (bicyclic) bond motifs is 2. The van der Waals surface area contributed by atoms with Crippen molar-refractivity contribution >= 4 is 33.7 Å². The molecule has 11 nitrogen and oxygen atoms in total. The number of carboxylic acids is 1. The summed E-state index contributed by atoms with van der Waals surface area (Å²) in [7, 11) is 5.15. The van der Waals surface area contributed by atoms with Gasteiger partial charge in [-0.2, -0.15) is 4.57 Å². The molecule has 0 aliphatic rings. The van der Waals surface area contributed by atoms with Crippen molar-refractivity contribution in [2.45, 2.75) is 13.8 Å². The Morgan fingerprint density at radius 1 is 0.689 bits per heavy atom. The van der Waals surface area contributed by atoms with Crippen LogP contribution in [0.3, 0.4) is 0 Å². The average molecular weight is 623 g/mol. The first-order valence-corrected chi connectivity index (χ1v) is 14.6. The zero-order chi connectivity index (χ0) is 32.3. The Morgan fingerprint density at radius 2 is 1.16 bits per heavy atom. The third-order valence-electron chi connectivity index (χ3n) is 7.16. The number of hydrogen-bond donors (Lipinski definition) is 1. The van der Waals surface area contributed by atoms with Crippen LogP contribution in [0.1, 0.15) is 31.8 Å². The van der Waals surface area contributed by atoms with Crippen molar-refractivity contribution in [3.05, 3.63) is 70.8 Å². The first-order chi connectivity index (χ1) is 21.7. The molecule has 45 heavy (non-hydrogen) atoms.